The molecule has 12 heavy (non-hydrogen) atoms. The average molecular weight is 172 g/mol. The molecule has 0 spiro atoms. The Bertz CT molecular complexity index is 281. The molecule has 3 N–H and O–H groups in total. The van der Waals surface area contributed by atoms with Gasteiger partial charge in [-0.3, -0.25) is 5.73 Å². The predicted molar refractivity (Wildman–Crippen MR) is 37.0 cm³/mol. The Morgan fingerprint density at radius 3 is 3.00 bits per heavy atom. The van der Waals surface area contributed by atoms with Gasteiger partial charge in [0, 0.05) is 0 Å². The fraction of sp³-hybridized carbons (Fsp3) is 0.333. The van der Waals surface area contributed by atoms with Crippen LogP contribution in [0.1, 0.15) is 22.6 Å². The molecule has 1 unspecified atom stereocenters. The molecule has 1 aromatic heterocycles. The first-order chi connectivity index (χ1) is 5.65. The zero-order valence-electron chi connectivity index (χ0n) is 6.35. The lowest BCUT2D eigenvalue weighted by Crippen LogP contribution is -2.09. The molecule has 1 aromatic rings. The molecule has 0 saturated carbocycles. The van der Waals surface area contributed by atoms with E-state index >= 15 is 0 Å². The van der Waals surface area contributed by atoms with Gasteiger partial charge in [0.05, 0.1) is 7.11 Å². The number of hydrogen-bond donors (Lipinski definition) is 2. The summed E-state index contributed by atoms with van der Waals surface area (Å²) >= 11 is 0. The highest BCUT2D eigenvalue weighted by atomic mass is 16.5. The summed E-state index contributed by atoms with van der Waals surface area (Å²) in [6, 6.07) is 0. The highest BCUT2D eigenvalue weighted by molar-refractivity contribution is 5.86. The van der Waals surface area contributed by atoms with E-state index in [1.165, 1.54) is 7.11 Å². The van der Waals surface area contributed by atoms with E-state index in [0.717, 1.165) is 6.26 Å². The third-order valence-electron chi connectivity index (χ3n) is 1.17. The summed E-state index contributed by atoms with van der Waals surface area (Å²) in [4.78, 5) is 14.3. The van der Waals surface area contributed by atoms with Crippen LogP contribution in [0.3, 0.4) is 0 Å². The van der Waals surface area contributed by atoms with E-state index in [1.54, 1.807) is 0 Å². The molecule has 66 valence electrons. The van der Waals surface area contributed by atoms with Gasteiger partial charge in [0.2, 0.25) is 5.89 Å². The largest absolute Gasteiger partial charge is 0.464 e. The van der Waals surface area contributed by atoms with Crippen LogP contribution in [0.2, 0.25) is 0 Å². The quantitative estimate of drug-likeness (QED) is 0.457. The number of nitrogens with two attached hydrogens (primary N) is 1. The van der Waals surface area contributed by atoms with Gasteiger partial charge in [-0.25, -0.2) is 9.78 Å². The summed E-state index contributed by atoms with van der Waals surface area (Å²) < 4.78 is 9.01. The monoisotopic (exact) mass is 172 g/mol. The number of esters is 1. The molecule has 0 bridgehead atoms. The molecule has 0 radical (unpaired) electrons. The van der Waals surface area contributed by atoms with Crippen molar-refractivity contribution in [2.75, 3.05) is 7.11 Å². The van der Waals surface area contributed by atoms with Crippen molar-refractivity contribution in [1.29, 1.82) is 0 Å². The maximum atomic E-state index is 10.8. The van der Waals surface area contributed by atoms with E-state index in [1.807, 2.05) is 0 Å². The number of aliphatic hydroxyl groups is 1. The van der Waals surface area contributed by atoms with Crippen molar-refractivity contribution in [2.45, 2.75) is 6.23 Å². The van der Waals surface area contributed by atoms with Crippen LogP contribution >= 0.6 is 0 Å². The van der Waals surface area contributed by atoms with Crippen molar-refractivity contribution in [1.82, 2.24) is 4.98 Å². The lowest BCUT2D eigenvalue weighted by atomic mass is 10.5. The Kier molecular flexibility index (Phi) is 2.41. The standard InChI is InChI=1S/C6H8N2O4/c1-11-6(10)3-2-12-5(8-3)4(7)9/h2,4,9H,7H2,1H3. The van der Waals surface area contributed by atoms with Crippen molar-refractivity contribution in [3.8, 4) is 0 Å². The van der Waals surface area contributed by atoms with Crippen molar-refractivity contribution >= 4 is 5.97 Å². The summed E-state index contributed by atoms with van der Waals surface area (Å²) in [7, 11) is 1.22. The molecule has 0 fully saturated rings. The van der Waals surface area contributed by atoms with Crippen molar-refractivity contribution in [2.24, 2.45) is 5.73 Å². The predicted octanol–water partition coefficient (Wildman–Crippen LogP) is -0.589. The van der Waals surface area contributed by atoms with E-state index in [-0.39, 0.29) is 11.6 Å². The van der Waals surface area contributed by atoms with E-state index in [0.29, 0.717) is 0 Å². The summed E-state index contributed by atoms with van der Waals surface area (Å²) in [5.74, 6) is -0.749. The van der Waals surface area contributed by atoms with E-state index < -0.39 is 12.2 Å². The van der Waals surface area contributed by atoms with Gasteiger partial charge >= 0.3 is 5.97 Å². The number of nitrogens with zero attached hydrogens (tertiary/aromatic N) is 1. The fourth-order valence-electron chi connectivity index (χ4n) is 0.622. The van der Waals surface area contributed by atoms with E-state index in [2.05, 4.69) is 14.1 Å². The molecule has 0 amide bonds. The van der Waals surface area contributed by atoms with Crippen LogP contribution in [0, 0.1) is 0 Å². The molecule has 1 atom stereocenters. The molecule has 1 rings (SSSR count). The third kappa shape index (κ3) is 1.60. The Hall–Kier alpha value is -1.40. The number of ether oxygens (including phenoxy) is 1. The zero-order chi connectivity index (χ0) is 9.14. The van der Waals surface area contributed by atoms with Crippen LogP contribution in [0.4, 0.5) is 0 Å². The summed E-state index contributed by atoms with van der Waals surface area (Å²) in [5.41, 5.74) is 5.00. The lowest BCUT2D eigenvalue weighted by Gasteiger charge is -1.94. The SMILES string of the molecule is COC(=O)c1coc(C(N)O)n1. The maximum absolute atomic E-state index is 10.8. The van der Waals surface area contributed by atoms with Gasteiger partial charge in [-0.2, -0.15) is 0 Å². The van der Waals surface area contributed by atoms with Gasteiger partial charge in [0.25, 0.3) is 0 Å². The van der Waals surface area contributed by atoms with E-state index in [9.17, 15) is 4.79 Å². The average Bonchev–Trinajstić information content (AvgIpc) is 2.51. The minimum absolute atomic E-state index is 0.0167. The van der Waals surface area contributed by atoms with Gasteiger partial charge in [-0.05, 0) is 0 Å². The molecule has 0 aromatic carbocycles. The minimum atomic E-state index is -1.32. The first-order valence-corrected chi connectivity index (χ1v) is 3.12. The van der Waals surface area contributed by atoms with Crippen LogP contribution in [0.15, 0.2) is 10.7 Å². The Labute approximate surface area is 67.9 Å². The molecule has 0 saturated heterocycles. The van der Waals surface area contributed by atoms with Gasteiger partial charge in [0.15, 0.2) is 11.9 Å². The number of rotatable bonds is 2. The first kappa shape index (κ1) is 8.69. The van der Waals surface area contributed by atoms with Crippen LogP contribution < -0.4 is 5.73 Å². The van der Waals surface area contributed by atoms with Crippen molar-refractivity contribution in [3.63, 3.8) is 0 Å². The number of aromatic nitrogens is 1. The topological polar surface area (TPSA) is 98.6 Å². The Balaban J connectivity index is 2.84. The third-order valence-corrected chi connectivity index (χ3v) is 1.17. The summed E-state index contributed by atoms with van der Waals surface area (Å²) in [6.45, 7) is 0. The number of oxazole rings is 1. The zero-order valence-corrected chi connectivity index (χ0v) is 6.35. The maximum Gasteiger partial charge on any atom is 0.360 e. The fourth-order valence-corrected chi connectivity index (χ4v) is 0.622. The van der Waals surface area contributed by atoms with Crippen molar-refractivity contribution < 1.29 is 19.1 Å². The molecule has 0 aliphatic heterocycles. The smallest absolute Gasteiger partial charge is 0.360 e. The molecular formula is C6H8N2O4. The van der Waals surface area contributed by atoms with Gasteiger partial charge in [-0.15, -0.1) is 0 Å². The minimum Gasteiger partial charge on any atom is -0.464 e. The Morgan fingerprint density at radius 2 is 2.58 bits per heavy atom. The highest BCUT2D eigenvalue weighted by Crippen LogP contribution is 2.07. The molecule has 0 aliphatic rings. The summed E-state index contributed by atoms with van der Waals surface area (Å²) in [6.07, 6.45) is -0.250. The van der Waals surface area contributed by atoms with Crippen LogP contribution in [0.25, 0.3) is 0 Å². The molecule has 0 aliphatic carbocycles. The highest BCUT2D eigenvalue weighted by Gasteiger charge is 2.14. The van der Waals surface area contributed by atoms with Gasteiger partial charge < -0.3 is 14.3 Å². The number of carbonyl (C=O) groups is 1. The number of hydrogen-bond acceptors (Lipinski definition) is 6. The normalized spacial score (nSPS) is 12.6. The molecule has 1 heterocycles. The number of methoxy groups -OCH3 is 1. The van der Waals surface area contributed by atoms with Crippen LogP contribution in [-0.4, -0.2) is 23.2 Å². The second-order valence-corrected chi connectivity index (χ2v) is 2.01. The lowest BCUT2D eigenvalue weighted by molar-refractivity contribution is 0.0594. The molecular weight excluding hydrogens is 164 g/mol. The first-order valence-electron chi connectivity index (χ1n) is 3.12. The number of aliphatic hydroxyl groups excluding tert-OH is 1. The summed E-state index contributed by atoms with van der Waals surface area (Å²) in [5, 5.41) is 8.76. The van der Waals surface area contributed by atoms with Crippen LogP contribution in [-0.2, 0) is 4.74 Å². The van der Waals surface area contributed by atoms with Gasteiger partial charge in [0.1, 0.15) is 6.26 Å². The van der Waals surface area contributed by atoms with E-state index in [4.69, 9.17) is 10.8 Å². The molecule has 6 nitrogen and oxygen atoms in total. The molecule has 6 heteroatoms. The Morgan fingerprint density at radius 1 is 1.92 bits per heavy atom. The number of carbonyl (C=O) groups excluding carboxylic acids is 1. The second kappa shape index (κ2) is 3.33. The van der Waals surface area contributed by atoms with Crippen LogP contribution in [0.5, 0.6) is 0 Å². The second-order valence-electron chi connectivity index (χ2n) is 2.01. The van der Waals surface area contributed by atoms with Gasteiger partial charge in [-0.1, -0.05) is 0 Å². The van der Waals surface area contributed by atoms with Crippen molar-refractivity contribution in [3.05, 3.63) is 17.8 Å².